The number of halogens is 1. The molecule has 1 aliphatic rings. The van der Waals surface area contributed by atoms with Crippen molar-refractivity contribution in [2.24, 2.45) is 0 Å². The van der Waals surface area contributed by atoms with Crippen molar-refractivity contribution in [3.8, 4) is 5.75 Å². The van der Waals surface area contributed by atoms with Crippen LogP contribution >= 0.6 is 12.4 Å². The number of nitrogens with one attached hydrogen (secondary N) is 1. The van der Waals surface area contributed by atoms with Gasteiger partial charge in [0.05, 0.1) is 19.7 Å². The largest absolute Gasteiger partial charge is 0.496 e. The summed E-state index contributed by atoms with van der Waals surface area (Å²) in [6, 6.07) is 16.4. The van der Waals surface area contributed by atoms with E-state index in [1.807, 2.05) is 42.3 Å². The Balaban J connectivity index is 0.00000280. The second-order valence-corrected chi connectivity index (χ2v) is 7.11. The molecule has 0 aliphatic carbocycles. The molecule has 0 radical (unpaired) electrons. The number of likely N-dealkylation sites (N-methyl/N-ethyl adjacent to an activating group) is 1. The highest BCUT2D eigenvalue weighted by Crippen LogP contribution is 2.30. The number of amides is 1. The van der Waals surface area contributed by atoms with Gasteiger partial charge in [0.2, 0.25) is 5.91 Å². The second-order valence-electron chi connectivity index (χ2n) is 7.11. The first-order valence-corrected chi connectivity index (χ1v) is 9.46. The van der Waals surface area contributed by atoms with E-state index in [4.69, 9.17) is 4.74 Å². The highest BCUT2D eigenvalue weighted by atomic mass is 35.5. The van der Waals surface area contributed by atoms with E-state index < -0.39 is 0 Å². The number of rotatable bonds is 6. The number of hydrogen-bond acceptors (Lipinski definition) is 4. The number of carbonyl (C=O) groups excluding carboxylic acids is 1. The SMILES string of the molecule is COc1ccccc1C1CNCCN1CC(=O)N(C)Cc1ccccc1C.Cl. The molecule has 1 unspecified atom stereocenters. The predicted octanol–water partition coefficient (Wildman–Crippen LogP) is 3.03. The first kappa shape index (κ1) is 22.2. The Morgan fingerprint density at radius 3 is 2.68 bits per heavy atom. The summed E-state index contributed by atoms with van der Waals surface area (Å²) < 4.78 is 5.54. The van der Waals surface area contributed by atoms with Crippen molar-refractivity contribution in [2.45, 2.75) is 19.5 Å². The zero-order valence-corrected chi connectivity index (χ0v) is 17.7. The maximum atomic E-state index is 12.9. The summed E-state index contributed by atoms with van der Waals surface area (Å²) in [7, 11) is 3.58. The van der Waals surface area contributed by atoms with Crippen molar-refractivity contribution < 1.29 is 9.53 Å². The van der Waals surface area contributed by atoms with Crippen LogP contribution in [-0.2, 0) is 11.3 Å². The lowest BCUT2D eigenvalue weighted by Crippen LogP contribution is -2.49. The predicted molar refractivity (Wildman–Crippen MR) is 115 cm³/mol. The lowest BCUT2D eigenvalue weighted by molar-refractivity contribution is -0.132. The van der Waals surface area contributed by atoms with Gasteiger partial charge in [-0.3, -0.25) is 9.69 Å². The van der Waals surface area contributed by atoms with Gasteiger partial charge in [-0.2, -0.15) is 0 Å². The fraction of sp³-hybridized carbons (Fsp3) is 0.409. The summed E-state index contributed by atoms with van der Waals surface area (Å²) in [5.41, 5.74) is 3.53. The molecule has 28 heavy (non-hydrogen) atoms. The molecule has 6 heteroatoms. The molecular weight excluding hydrogens is 374 g/mol. The van der Waals surface area contributed by atoms with Gasteiger partial charge in [0.15, 0.2) is 0 Å². The molecule has 1 heterocycles. The minimum atomic E-state index is 0. The lowest BCUT2D eigenvalue weighted by Gasteiger charge is -2.37. The zero-order valence-electron chi connectivity index (χ0n) is 16.9. The van der Waals surface area contributed by atoms with Crippen LogP contribution in [-0.4, -0.2) is 56.0 Å². The van der Waals surface area contributed by atoms with Crippen molar-refractivity contribution in [3.05, 3.63) is 65.2 Å². The first-order chi connectivity index (χ1) is 13.1. The molecule has 2 aromatic rings. The van der Waals surface area contributed by atoms with Gasteiger partial charge >= 0.3 is 0 Å². The highest BCUT2D eigenvalue weighted by Gasteiger charge is 2.28. The smallest absolute Gasteiger partial charge is 0.236 e. The van der Waals surface area contributed by atoms with Crippen LogP contribution in [0.3, 0.4) is 0 Å². The average molecular weight is 404 g/mol. The van der Waals surface area contributed by atoms with Crippen LogP contribution in [0.25, 0.3) is 0 Å². The van der Waals surface area contributed by atoms with E-state index in [1.165, 1.54) is 11.1 Å². The monoisotopic (exact) mass is 403 g/mol. The van der Waals surface area contributed by atoms with Crippen molar-refractivity contribution >= 4 is 18.3 Å². The van der Waals surface area contributed by atoms with Crippen LogP contribution < -0.4 is 10.1 Å². The van der Waals surface area contributed by atoms with E-state index in [2.05, 4.69) is 35.3 Å². The number of hydrogen-bond donors (Lipinski definition) is 1. The Hall–Kier alpha value is -2.08. The van der Waals surface area contributed by atoms with E-state index in [1.54, 1.807) is 7.11 Å². The van der Waals surface area contributed by atoms with E-state index in [0.29, 0.717) is 13.1 Å². The molecule has 5 nitrogen and oxygen atoms in total. The number of aryl methyl sites for hydroxylation is 1. The Kier molecular flexibility index (Phi) is 8.30. The minimum Gasteiger partial charge on any atom is -0.496 e. The molecular formula is C22H30ClN3O2. The van der Waals surface area contributed by atoms with Gasteiger partial charge in [-0.1, -0.05) is 42.5 Å². The summed E-state index contributed by atoms with van der Waals surface area (Å²) in [5, 5.41) is 3.44. The van der Waals surface area contributed by atoms with Crippen LogP contribution in [0.5, 0.6) is 5.75 Å². The van der Waals surface area contributed by atoms with E-state index in [0.717, 1.165) is 30.9 Å². The number of para-hydroxylation sites is 1. The van der Waals surface area contributed by atoms with Gasteiger partial charge < -0.3 is 15.0 Å². The quantitative estimate of drug-likeness (QED) is 0.805. The molecule has 0 aromatic heterocycles. The molecule has 152 valence electrons. The third-order valence-electron chi connectivity index (χ3n) is 5.29. The Morgan fingerprint density at radius 2 is 1.93 bits per heavy atom. The van der Waals surface area contributed by atoms with Crippen molar-refractivity contribution in [1.82, 2.24) is 15.1 Å². The minimum absolute atomic E-state index is 0. The maximum absolute atomic E-state index is 12.9. The molecule has 0 bridgehead atoms. The van der Waals surface area contributed by atoms with Gasteiger partial charge in [-0.25, -0.2) is 0 Å². The van der Waals surface area contributed by atoms with Crippen LogP contribution in [0, 0.1) is 6.92 Å². The molecule has 0 spiro atoms. The third kappa shape index (κ3) is 5.25. The van der Waals surface area contributed by atoms with Crippen molar-refractivity contribution in [3.63, 3.8) is 0 Å². The van der Waals surface area contributed by atoms with E-state index in [9.17, 15) is 4.79 Å². The molecule has 3 rings (SSSR count). The zero-order chi connectivity index (χ0) is 19.2. The van der Waals surface area contributed by atoms with Gasteiger partial charge in [0.25, 0.3) is 0 Å². The Bertz CT molecular complexity index is 784. The van der Waals surface area contributed by atoms with Gasteiger partial charge in [-0.15, -0.1) is 12.4 Å². The average Bonchev–Trinajstić information content (AvgIpc) is 2.70. The summed E-state index contributed by atoms with van der Waals surface area (Å²) in [5.74, 6) is 1.01. The first-order valence-electron chi connectivity index (χ1n) is 9.46. The number of ether oxygens (including phenoxy) is 1. The van der Waals surface area contributed by atoms with Crippen LogP contribution in [0.2, 0.25) is 0 Å². The number of nitrogens with zero attached hydrogens (tertiary/aromatic N) is 2. The van der Waals surface area contributed by atoms with Crippen LogP contribution in [0.4, 0.5) is 0 Å². The third-order valence-corrected chi connectivity index (χ3v) is 5.29. The molecule has 1 saturated heterocycles. The summed E-state index contributed by atoms with van der Waals surface area (Å²) >= 11 is 0. The second kappa shape index (κ2) is 10.5. The Morgan fingerprint density at radius 1 is 1.21 bits per heavy atom. The highest BCUT2D eigenvalue weighted by molar-refractivity contribution is 5.85. The van der Waals surface area contributed by atoms with Crippen LogP contribution in [0.15, 0.2) is 48.5 Å². The fourth-order valence-electron chi connectivity index (χ4n) is 3.61. The van der Waals surface area contributed by atoms with Crippen molar-refractivity contribution in [1.29, 1.82) is 0 Å². The topological polar surface area (TPSA) is 44.8 Å². The fourth-order valence-corrected chi connectivity index (χ4v) is 3.61. The molecule has 1 N–H and O–H groups in total. The van der Waals surface area contributed by atoms with Gasteiger partial charge in [0.1, 0.15) is 5.75 Å². The molecule has 2 aromatic carbocycles. The summed E-state index contributed by atoms with van der Waals surface area (Å²) in [6.45, 7) is 5.67. The molecule has 0 saturated carbocycles. The standard InChI is InChI=1S/C22H29N3O2.ClH/c1-17-8-4-5-9-18(17)15-24(2)22(26)16-25-13-12-23-14-20(25)19-10-6-7-11-21(19)27-3;/h4-11,20,23H,12-16H2,1-3H3;1H. The maximum Gasteiger partial charge on any atom is 0.236 e. The normalized spacial score (nSPS) is 16.9. The lowest BCUT2D eigenvalue weighted by atomic mass is 10.0. The van der Waals surface area contributed by atoms with E-state index >= 15 is 0 Å². The number of methoxy groups -OCH3 is 1. The van der Waals surface area contributed by atoms with Gasteiger partial charge in [0, 0.05) is 38.8 Å². The molecule has 1 fully saturated rings. The van der Waals surface area contributed by atoms with Crippen LogP contribution in [0.1, 0.15) is 22.7 Å². The summed E-state index contributed by atoms with van der Waals surface area (Å²) in [4.78, 5) is 17.0. The molecule has 1 amide bonds. The number of piperazine rings is 1. The molecule has 1 aliphatic heterocycles. The number of carbonyl (C=O) groups is 1. The van der Waals surface area contributed by atoms with Gasteiger partial charge in [-0.05, 0) is 24.1 Å². The van der Waals surface area contributed by atoms with Crippen molar-refractivity contribution in [2.75, 3.05) is 40.3 Å². The summed E-state index contributed by atoms with van der Waals surface area (Å²) in [6.07, 6.45) is 0. The van der Waals surface area contributed by atoms with E-state index in [-0.39, 0.29) is 24.4 Å². The number of benzene rings is 2. The Labute approximate surface area is 174 Å². The molecule has 1 atom stereocenters.